The van der Waals surface area contributed by atoms with Gasteiger partial charge in [-0.1, -0.05) is 12.1 Å². The van der Waals surface area contributed by atoms with E-state index in [9.17, 15) is 17.6 Å². The van der Waals surface area contributed by atoms with Crippen molar-refractivity contribution in [1.82, 2.24) is 9.97 Å². The molecule has 1 aromatic heterocycles. The topological polar surface area (TPSA) is 82.9 Å². The highest BCUT2D eigenvalue weighted by atomic mass is 19.4. The fourth-order valence-corrected chi connectivity index (χ4v) is 2.30. The summed E-state index contributed by atoms with van der Waals surface area (Å²) in [4.78, 5) is 8.05. The van der Waals surface area contributed by atoms with Crippen molar-refractivity contribution in [3.63, 3.8) is 0 Å². The van der Waals surface area contributed by atoms with E-state index >= 15 is 0 Å². The van der Waals surface area contributed by atoms with Crippen LogP contribution in [0.15, 0.2) is 54.9 Å². The van der Waals surface area contributed by atoms with E-state index in [4.69, 9.17) is 5.41 Å². The van der Waals surface area contributed by atoms with Crippen LogP contribution < -0.4 is 15.4 Å². The molecule has 3 rings (SSSR count). The third-order valence-electron chi connectivity index (χ3n) is 3.51. The number of para-hydroxylation sites is 1. The predicted molar refractivity (Wildman–Crippen MR) is 96.0 cm³/mol. The zero-order valence-corrected chi connectivity index (χ0v) is 14.1. The summed E-state index contributed by atoms with van der Waals surface area (Å²) in [5.74, 6) is -0.454. The molecule has 0 saturated heterocycles. The maximum Gasteiger partial charge on any atom is 0.573 e. The van der Waals surface area contributed by atoms with Crippen LogP contribution in [0.4, 0.5) is 40.6 Å². The summed E-state index contributed by atoms with van der Waals surface area (Å²) in [6.45, 7) is 0. The highest BCUT2D eigenvalue weighted by Gasteiger charge is 2.30. The lowest BCUT2D eigenvalue weighted by Crippen LogP contribution is -2.17. The molecule has 0 atom stereocenters. The van der Waals surface area contributed by atoms with Gasteiger partial charge in [0.25, 0.3) is 0 Å². The first-order valence-corrected chi connectivity index (χ1v) is 7.85. The fraction of sp³-hybridized carbons (Fsp3) is 0.0556. The molecule has 0 radical (unpaired) electrons. The van der Waals surface area contributed by atoms with Crippen molar-refractivity contribution < 1.29 is 22.3 Å². The first-order chi connectivity index (χ1) is 13.4. The molecule has 0 spiro atoms. The number of hydrogen-bond donors (Lipinski definition) is 3. The van der Waals surface area contributed by atoms with Crippen molar-refractivity contribution in [1.29, 1.82) is 5.41 Å². The van der Waals surface area contributed by atoms with E-state index in [2.05, 4.69) is 25.3 Å². The SMILES string of the molecule is N=Cc1c(Nc2ccc(OC(F)(F)F)cc2)ncnc1Nc1ccccc1F. The standard InChI is InChI=1S/C18H13F4N5O/c19-14-3-1-2-4-15(14)27-17-13(9-23)16(24-10-25-17)26-11-5-7-12(8-6-11)28-18(20,21)22/h1-10,23H,(H2,24,25,26,27). The number of rotatable bonds is 6. The second-order valence-corrected chi connectivity index (χ2v) is 5.43. The lowest BCUT2D eigenvalue weighted by Gasteiger charge is -2.14. The minimum Gasteiger partial charge on any atom is -0.406 e. The zero-order valence-electron chi connectivity index (χ0n) is 14.1. The Hall–Kier alpha value is -3.69. The van der Waals surface area contributed by atoms with E-state index in [0.717, 1.165) is 18.3 Å². The molecular weight excluding hydrogens is 378 g/mol. The van der Waals surface area contributed by atoms with E-state index in [1.54, 1.807) is 6.07 Å². The monoisotopic (exact) mass is 391 g/mol. The van der Waals surface area contributed by atoms with Crippen molar-refractivity contribution >= 4 is 29.2 Å². The van der Waals surface area contributed by atoms with E-state index in [1.807, 2.05) is 0 Å². The molecule has 0 aliphatic carbocycles. The van der Waals surface area contributed by atoms with Crippen molar-refractivity contribution in [3.8, 4) is 5.75 Å². The number of halogens is 4. The Morgan fingerprint density at radius 3 is 2.18 bits per heavy atom. The Kier molecular flexibility index (Phi) is 5.39. The van der Waals surface area contributed by atoms with Crippen LogP contribution >= 0.6 is 0 Å². The van der Waals surface area contributed by atoms with Gasteiger partial charge in [-0.05, 0) is 36.4 Å². The minimum absolute atomic E-state index is 0.170. The Balaban J connectivity index is 1.83. The average Bonchev–Trinajstić information content (AvgIpc) is 2.64. The largest absolute Gasteiger partial charge is 0.573 e. The molecule has 0 aliphatic heterocycles. The molecule has 28 heavy (non-hydrogen) atoms. The van der Waals surface area contributed by atoms with Gasteiger partial charge in [-0.25, -0.2) is 14.4 Å². The first kappa shape index (κ1) is 19.1. The predicted octanol–water partition coefficient (Wildman–Crippen LogP) is 5.00. The molecule has 0 bridgehead atoms. The molecular formula is C18H13F4N5O. The second kappa shape index (κ2) is 7.91. The molecule has 0 saturated carbocycles. The lowest BCUT2D eigenvalue weighted by molar-refractivity contribution is -0.274. The summed E-state index contributed by atoms with van der Waals surface area (Å²) in [7, 11) is 0. The average molecular weight is 391 g/mol. The summed E-state index contributed by atoms with van der Waals surface area (Å²) in [6, 6.07) is 11.0. The number of ether oxygens (including phenoxy) is 1. The number of anilines is 4. The van der Waals surface area contributed by atoms with E-state index < -0.39 is 12.2 Å². The van der Waals surface area contributed by atoms with Crippen LogP contribution in [0.5, 0.6) is 5.75 Å². The zero-order chi connectivity index (χ0) is 20.1. The van der Waals surface area contributed by atoms with E-state index in [0.29, 0.717) is 5.69 Å². The van der Waals surface area contributed by atoms with Gasteiger partial charge in [0.1, 0.15) is 29.5 Å². The van der Waals surface area contributed by atoms with Crippen molar-refractivity contribution in [3.05, 3.63) is 66.2 Å². The van der Waals surface area contributed by atoms with E-state index in [-0.39, 0.29) is 28.6 Å². The van der Waals surface area contributed by atoms with Gasteiger partial charge in [0.05, 0.1) is 11.3 Å². The van der Waals surface area contributed by atoms with Gasteiger partial charge in [-0.2, -0.15) is 0 Å². The van der Waals surface area contributed by atoms with Gasteiger partial charge in [-0.3, -0.25) is 0 Å². The van der Waals surface area contributed by atoms with Gasteiger partial charge >= 0.3 is 6.36 Å². The lowest BCUT2D eigenvalue weighted by atomic mass is 10.2. The molecule has 0 unspecified atom stereocenters. The first-order valence-electron chi connectivity index (χ1n) is 7.85. The molecule has 144 valence electrons. The number of hydrogen-bond acceptors (Lipinski definition) is 6. The summed E-state index contributed by atoms with van der Waals surface area (Å²) < 4.78 is 54.3. The third kappa shape index (κ3) is 4.72. The smallest absolute Gasteiger partial charge is 0.406 e. The highest BCUT2D eigenvalue weighted by Crippen LogP contribution is 2.28. The Morgan fingerprint density at radius 2 is 1.57 bits per heavy atom. The van der Waals surface area contributed by atoms with Gasteiger partial charge in [0.15, 0.2) is 0 Å². The summed E-state index contributed by atoms with van der Waals surface area (Å²) in [6.07, 6.45) is -2.59. The summed E-state index contributed by atoms with van der Waals surface area (Å²) >= 11 is 0. The Bertz CT molecular complexity index is 976. The maximum absolute atomic E-state index is 13.8. The Morgan fingerprint density at radius 1 is 0.929 bits per heavy atom. The van der Waals surface area contributed by atoms with Crippen LogP contribution in [0.1, 0.15) is 5.56 Å². The summed E-state index contributed by atoms with van der Waals surface area (Å²) in [5, 5.41) is 13.3. The normalized spacial score (nSPS) is 11.0. The van der Waals surface area contributed by atoms with Crippen molar-refractivity contribution in [2.75, 3.05) is 10.6 Å². The number of benzene rings is 2. The van der Waals surface area contributed by atoms with Crippen molar-refractivity contribution in [2.24, 2.45) is 0 Å². The van der Waals surface area contributed by atoms with Crippen LogP contribution in [0.2, 0.25) is 0 Å². The van der Waals surface area contributed by atoms with Crippen LogP contribution in [0.25, 0.3) is 0 Å². The van der Waals surface area contributed by atoms with Gasteiger partial charge in [0.2, 0.25) is 0 Å². The fourth-order valence-electron chi connectivity index (χ4n) is 2.30. The molecule has 0 fully saturated rings. The molecule has 0 aliphatic rings. The molecule has 3 aromatic rings. The molecule has 0 amide bonds. The number of nitrogens with zero attached hydrogens (tertiary/aromatic N) is 2. The molecule has 6 nitrogen and oxygen atoms in total. The molecule has 2 aromatic carbocycles. The van der Waals surface area contributed by atoms with E-state index in [1.165, 1.54) is 36.7 Å². The van der Waals surface area contributed by atoms with Crippen LogP contribution in [-0.4, -0.2) is 22.5 Å². The number of aromatic nitrogens is 2. The quantitative estimate of drug-likeness (QED) is 0.407. The second-order valence-electron chi connectivity index (χ2n) is 5.43. The number of nitrogens with one attached hydrogen (secondary N) is 3. The van der Waals surface area contributed by atoms with Crippen LogP contribution in [0, 0.1) is 11.2 Å². The minimum atomic E-state index is -4.78. The number of alkyl halides is 3. The van der Waals surface area contributed by atoms with Gasteiger partial charge < -0.3 is 20.8 Å². The van der Waals surface area contributed by atoms with Gasteiger partial charge in [0, 0.05) is 11.9 Å². The van der Waals surface area contributed by atoms with Crippen LogP contribution in [-0.2, 0) is 0 Å². The maximum atomic E-state index is 13.8. The van der Waals surface area contributed by atoms with Crippen LogP contribution in [0.3, 0.4) is 0 Å². The molecule has 10 heteroatoms. The third-order valence-corrected chi connectivity index (χ3v) is 3.51. The molecule has 1 heterocycles. The summed E-state index contributed by atoms with van der Waals surface area (Å²) in [5.41, 5.74) is 0.818. The van der Waals surface area contributed by atoms with Gasteiger partial charge in [-0.15, -0.1) is 13.2 Å². The van der Waals surface area contributed by atoms with Crippen molar-refractivity contribution in [2.45, 2.75) is 6.36 Å². The Labute approximate surface area is 156 Å². The molecule has 3 N–H and O–H groups in total. The highest BCUT2D eigenvalue weighted by molar-refractivity contribution is 5.92.